The van der Waals surface area contributed by atoms with Gasteiger partial charge in [-0.05, 0) is 197 Å². The summed E-state index contributed by atoms with van der Waals surface area (Å²) in [5, 5.41) is 15.0. The number of rotatable bonds is 13. The van der Waals surface area contributed by atoms with E-state index in [1.165, 1.54) is 75.8 Å². The molecule has 108 heavy (non-hydrogen) atoms. The van der Waals surface area contributed by atoms with Gasteiger partial charge < -0.3 is 0 Å². The molecule has 0 saturated heterocycles. The second kappa shape index (κ2) is 27.1. The van der Waals surface area contributed by atoms with Crippen molar-refractivity contribution >= 4 is 64.6 Å². The molecule has 4 heteroatoms. The molecule has 0 unspecified atom stereocenters. The summed E-state index contributed by atoms with van der Waals surface area (Å²) in [4.78, 5) is 21.3. The summed E-state index contributed by atoms with van der Waals surface area (Å²) >= 11 is 0. The van der Waals surface area contributed by atoms with E-state index in [0.29, 0.717) is 11.6 Å². The van der Waals surface area contributed by atoms with E-state index in [2.05, 4.69) is 370 Å². The maximum Gasteiger partial charge on any atom is 0.160 e. The van der Waals surface area contributed by atoms with Crippen molar-refractivity contribution in [1.29, 1.82) is 0 Å². The molecule has 0 atom stereocenters. The first-order chi connectivity index (χ1) is 53.5. The zero-order valence-corrected chi connectivity index (χ0v) is 58.9. The summed E-state index contributed by atoms with van der Waals surface area (Å²) in [6.45, 7) is 0. The molecule has 0 fully saturated rings. The average Bonchev–Trinajstić information content (AvgIpc) is 0.743. The van der Waals surface area contributed by atoms with E-state index in [9.17, 15) is 0 Å². The van der Waals surface area contributed by atoms with Crippen molar-refractivity contribution < 1.29 is 0 Å². The van der Waals surface area contributed by atoms with Gasteiger partial charge in [0.2, 0.25) is 0 Å². The Morgan fingerprint density at radius 3 is 0.787 bits per heavy atom. The van der Waals surface area contributed by atoms with Crippen LogP contribution in [-0.4, -0.2) is 19.9 Å². The van der Waals surface area contributed by atoms with Gasteiger partial charge in [0.1, 0.15) is 0 Å². The molecule has 2 aromatic heterocycles. The molecular weight excluding hydrogens is 1310 g/mol. The summed E-state index contributed by atoms with van der Waals surface area (Å²) in [6, 6.07) is 145. The number of fused-ring (bicyclic) bond motifs is 12. The van der Waals surface area contributed by atoms with E-state index in [0.717, 1.165) is 123 Å². The van der Waals surface area contributed by atoms with E-state index in [4.69, 9.17) is 19.9 Å². The van der Waals surface area contributed by atoms with Crippen LogP contribution in [0, 0.1) is 0 Å². The largest absolute Gasteiger partial charge is 0.228 e. The zero-order chi connectivity index (χ0) is 71.4. The van der Waals surface area contributed by atoms with E-state index >= 15 is 0 Å². The van der Waals surface area contributed by atoms with E-state index in [1.807, 2.05) is 30.3 Å². The molecule has 4 nitrogen and oxygen atoms in total. The monoisotopic (exact) mass is 1370 g/mol. The lowest BCUT2D eigenvalue weighted by Crippen LogP contribution is -1.97. The lowest BCUT2D eigenvalue weighted by atomic mass is 9.85. The summed E-state index contributed by atoms with van der Waals surface area (Å²) in [5.41, 5.74) is 24.9. The van der Waals surface area contributed by atoms with Crippen molar-refractivity contribution in [1.82, 2.24) is 19.9 Å². The van der Waals surface area contributed by atoms with Crippen LogP contribution in [0.5, 0.6) is 0 Å². The average molecular weight is 1370 g/mol. The minimum absolute atomic E-state index is 0.658. The Kier molecular flexibility index (Phi) is 15.9. The summed E-state index contributed by atoms with van der Waals surface area (Å²) in [5.74, 6) is 1.33. The molecule has 0 aliphatic carbocycles. The van der Waals surface area contributed by atoms with Crippen LogP contribution in [0.15, 0.2) is 400 Å². The quantitative estimate of drug-likeness (QED) is 0.108. The summed E-state index contributed by atoms with van der Waals surface area (Å²) < 4.78 is 0. The molecule has 0 saturated carbocycles. The Labute approximate surface area is 626 Å². The van der Waals surface area contributed by atoms with Gasteiger partial charge in [-0.1, -0.05) is 346 Å². The van der Waals surface area contributed by atoms with Gasteiger partial charge in [0, 0.05) is 33.4 Å². The second-order valence-corrected chi connectivity index (χ2v) is 27.9. The molecule has 0 aliphatic heterocycles. The molecular formula is C104H66N4. The molecule has 0 aliphatic rings. The number of benzene rings is 18. The molecule has 0 amide bonds. The van der Waals surface area contributed by atoms with Crippen molar-refractivity contribution in [3.63, 3.8) is 0 Å². The molecule has 0 radical (unpaired) electrons. The van der Waals surface area contributed by atoms with E-state index in [1.54, 1.807) is 0 Å². The van der Waals surface area contributed by atoms with Gasteiger partial charge in [0.05, 0.1) is 22.8 Å². The molecule has 20 aromatic rings. The summed E-state index contributed by atoms with van der Waals surface area (Å²) in [6.07, 6.45) is 0. The Morgan fingerprint density at radius 1 is 0.111 bits per heavy atom. The highest BCUT2D eigenvalue weighted by atomic mass is 14.9. The molecule has 0 bridgehead atoms. The topological polar surface area (TPSA) is 51.6 Å². The fourth-order valence-electron chi connectivity index (χ4n) is 16.2. The van der Waals surface area contributed by atoms with Gasteiger partial charge >= 0.3 is 0 Å². The van der Waals surface area contributed by atoms with Gasteiger partial charge in [-0.25, -0.2) is 19.9 Å². The third-order valence-corrected chi connectivity index (χ3v) is 21.5. The smallest absolute Gasteiger partial charge is 0.160 e. The van der Waals surface area contributed by atoms with Gasteiger partial charge in [-0.15, -0.1) is 0 Å². The van der Waals surface area contributed by atoms with Gasteiger partial charge in [0.25, 0.3) is 0 Å². The van der Waals surface area contributed by atoms with Crippen molar-refractivity contribution in [3.05, 3.63) is 400 Å². The fourth-order valence-corrected chi connectivity index (χ4v) is 16.2. The minimum atomic E-state index is 0.658. The van der Waals surface area contributed by atoms with Crippen LogP contribution in [0.3, 0.4) is 0 Å². The Hall–Kier alpha value is -14.3. The summed E-state index contributed by atoms with van der Waals surface area (Å²) in [7, 11) is 0. The molecule has 18 aromatic carbocycles. The van der Waals surface area contributed by atoms with Crippen LogP contribution in [0.1, 0.15) is 0 Å². The second-order valence-electron chi connectivity index (χ2n) is 27.9. The molecule has 502 valence electrons. The standard InChI is InChI=1S/C104H66N4/c1-4-26-67(27-5-1)99-66-102(108-104(105-99)69-30-8-3-9-31-69)95-51-21-20-48-89(95)83-42-12-13-45-86(83)92-55-52-76(62-96(92)78-54-57-94-88-47-15-11-41-82(88)85-44-17-19-50-91(85)98(94)64-78)75-37-25-39-80(61-75)101-65-100(106-103(107-101)68-28-6-2-7-29-68)79-38-24-36-74(60-79)72-34-22-32-70(58-72)71-33-23-35-73(59-71)77-53-56-93-87-46-14-10-40-81(87)84-43-16-18-49-90(84)97(93)63-77/h1-66H. The third-order valence-electron chi connectivity index (χ3n) is 21.5. The number of hydrogen-bond acceptors (Lipinski definition) is 4. The molecule has 20 rings (SSSR count). The Morgan fingerprint density at radius 2 is 0.361 bits per heavy atom. The maximum atomic E-state index is 5.41. The van der Waals surface area contributed by atoms with Gasteiger partial charge in [-0.3, -0.25) is 0 Å². The van der Waals surface area contributed by atoms with Crippen molar-refractivity contribution in [3.8, 4) is 146 Å². The first-order valence-corrected chi connectivity index (χ1v) is 36.9. The Bertz CT molecular complexity index is 6800. The van der Waals surface area contributed by atoms with Crippen LogP contribution >= 0.6 is 0 Å². The van der Waals surface area contributed by atoms with Crippen LogP contribution < -0.4 is 0 Å². The highest BCUT2D eigenvalue weighted by Gasteiger charge is 2.22. The molecule has 0 spiro atoms. The predicted octanol–water partition coefficient (Wildman–Crippen LogP) is 27.9. The van der Waals surface area contributed by atoms with Gasteiger partial charge in [0.15, 0.2) is 11.6 Å². The highest BCUT2D eigenvalue weighted by Crippen LogP contribution is 2.47. The van der Waals surface area contributed by atoms with E-state index < -0.39 is 0 Å². The van der Waals surface area contributed by atoms with Crippen LogP contribution in [0.4, 0.5) is 0 Å². The number of hydrogen-bond donors (Lipinski definition) is 0. The van der Waals surface area contributed by atoms with Crippen molar-refractivity contribution in [2.45, 2.75) is 0 Å². The number of nitrogens with zero attached hydrogens (tertiary/aromatic N) is 4. The van der Waals surface area contributed by atoms with Crippen molar-refractivity contribution in [2.75, 3.05) is 0 Å². The van der Waals surface area contributed by atoms with Crippen LogP contribution in [0.25, 0.3) is 210 Å². The van der Waals surface area contributed by atoms with Crippen molar-refractivity contribution in [2.24, 2.45) is 0 Å². The first-order valence-electron chi connectivity index (χ1n) is 36.9. The minimum Gasteiger partial charge on any atom is -0.228 e. The number of aromatic nitrogens is 4. The normalized spacial score (nSPS) is 11.5. The van der Waals surface area contributed by atoms with E-state index in [-0.39, 0.29) is 0 Å². The van der Waals surface area contributed by atoms with Crippen LogP contribution in [-0.2, 0) is 0 Å². The maximum absolute atomic E-state index is 5.41. The SMILES string of the molecule is c1ccc(-c2cc(-c3ccccc3-c3ccccc3-c3ccc(-c4cccc(-c5cc(-c6cccc(-c7cccc(-c8cccc(-c9ccc%10c%11ccccc%11c%11ccccc%11c%10c9)c8)c7)c6)nc(-c6ccccc6)n5)c4)cc3-c3ccc4c5ccccc5c5ccccc5c4c3)nc(-c3ccccc3)n2)cc1. The first kappa shape index (κ1) is 63.4. The highest BCUT2D eigenvalue weighted by molar-refractivity contribution is 6.27. The third kappa shape index (κ3) is 11.6. The zero-order valence-electron chi connectivity index (χ0n) is 58.9. The van der Waals surface area contributed by atoms with Gasteiger partial charge in [-0.2, -0.15) is 0 Å². The predicted molar refractivity (Wildman–Crippen MR) is 453 cm³/mol. The molecule has 2 heterocycles. The lowest BCUT2D eigenvalue weighted by molar-refractivity contribution is 1.18. The lowest BCUT2D eigenvalue weighted by Gasteiger charge is -2.19. The molecule has 0 N–H and O–H groups in total. The fraction of sp³-hybridized carbons (Fsp3) is 0. The van der Waals surface area contributed by atoms with Crippen LogP contribution in [0.2, 0.25) is 0 Å². The Balaban J connectivity index is 0.686.